The van der Waals surface area contributed by atoms with Crippen LogP contribution < -0.4 is 5.32 Å². The number of para-hydroxylation sites is 2. The molecule has 1 aromatic carbocycles. The quantitative estimate of drug-likeness (QED) is 0.467. The molecule has 1 amide bonds. The van der Waals surface area contributed by atoms with Crippen LogP contribution in [-0.4, -0.2) is 67.1 Å². The Hall–Kier alpha value is -2.30. The van der Waals surface area contributed by atoms with Gasteiger partial charge in [0.2, 0.25) is 11.7 Å². The van der Waals surface area contributed by atoms with Crippen molar-refractivity contribution in [2.24, 2.45) is 11.8 Å². The molecule has 2 aromatic rings. The number of fused-ring (bicyclic) bond motifs is 1. The summed E-state index contributed by atoms with van der Waals surface area (Å²) in [6.45, 7) is 4.27. The molecule has 1 aliphatic heterocycles. The highest BCUT2D eigenvalue weighted by molar-refractivity contribution is 7.91. The van der Waals surface area contributed by atoms with Gasteiger partial charge in [0.25, 0.3) is 5.89 Å². The largest absolute Gasteiger partial charge is 0.434 e. The number of carbonyl (C=O) groups is 2. The fourth-order valence-electron chi connectivity index (χ4n) is 4.07. The summed E-state index contributed by atoms with van der Waals surface area (Å²) in [5, 5.41) is 13.6. The number of aromatic nitrogens is 1. The van der Waals surface area contributed by atoms with E-state index < -0.39 is 45.3 Å². The molecule has 1 aromatic heterocycles. The molecule has 1 saturated heterocycles. The lowest BCUT2D eigenvalue weighted by atomic mass is 9.86. The van der Waals surface area contributed by atoms with Crippen LogP contribution in [-0.2, 0) is 19.4 Å². The van der Waals surface area contributed by atoms with E-state index in [0.29, 0.717) is 50.0 Å². The van der Waals surface area contributed by atoms with Gasteiger partial charge in [0.15, 0.2) is 15.4 Å². The van der Waals surface area contributed by atoms with Crippen LogP contribution in [0, 0.1) is 11.8 Å². The van der Waals surface area contributed by atoms with Crippen molar-refractivity contribution in [1.82, 2.24) is 10.3 Å². The van der Waals surface area contributed by atoms with E-state index in [-0.39, 0.29) is 17.6 Å². The minimum atomic E-state index is -3.55. The summed E-state index contributed by atoms with van der Waals surface area (Å²) in [6.07, 6.45) is 0.840. The number of aliphatic hydroxyl groups is 1. The maximum Gasteiger partial charge on any atom is 0.266 e. The maximum absolute atomic E-state index is 13.2. The van der Waals surface area contributed by atoms with Crippen LogP contribution in [0.4, 0.5) is 0 Å². The first-order chi connectivity index (χ1) is 15.8. The highest BCUT2D eigenvalue weighted by Gasteiger charge is 2.38. The number of rotatable bonds is 11. The Bertz CT molecular complexity index is 1030. The molecule has 0 saturated carbocycles. The Balaban J connectivity index is 1.82. The molecule has 9 nitrogen and oxygen atoms in total. The molecule has 3 atom stereocenters. The third-order valence-corrected chi connectivity index (χ3v) is 7.83. The van der Waals surface area contributed by atoms with E-state index in [4.69, 9.17) is 9.15 Å². The molecule has 3 rings (SSSR count). The van der Waals surface area contributed by atoms with E-state index in [1.165, 1.54) is 6.92 Å². The maximum atomic E-state index is 13.2. The Kier molecular flexibility index (Phi) is 8.61. The summed E-state index contributed by atoms with van der Waals surface area (Å²) in [4.78, 5) is 30.6. The van der Waals surface area contributed by atoms with Gasteiger partial charge in [-0.05, 0) is 37.3 Å². The lowest BCUT2D eigenvalue weighted by Crippen LogP contribution is -2.50. The van der Waals surface area contributed by atoms with Crippen molar-refractivity contribution in [2.75, 3.05) is 24.7 Å². The third-order valence-electron chi connectivity index (χ3n) is 6.09. The molecule has 0 bridgehead atoms. The summed E-state index contributed by atoms with van der Waals surface area (Å²) in [5.41, 5.74) is 0.994. The standard InChI is InChI=1S/C23H32N2O7S/c1-3-7-18(21(27)23-25-17-8-5-6-9-19(17)32-23)24-22(28)16(14-33(29,30)4-2)20(26)15-10-12-31-13-11-15/h5-6,8-9,15-16,18,20,26H,3-4,7,10-14H2,1-2H3,(H,24,28). The molecule has 10 heteroatoms. The normalized spacial score (nSPS) is 18.0. The Morgan fingerprint density at radius 3 is 2.55 bits per heavy atom. The predicted molar refractivity (Wildman–Crippen MR) is 123 cm³/mol. The molecule has 33 heavy (non-hydrogen) atoms. The van der Waals surface area contributed by atoms with E-state index in [9.17, 15) is 23.1 Å². The number of ketones is 1. The van der Waals surface area contributed by atoms with Crippen molar-refractivity contribution >= 4 is 32.6 Å². The molecule has 2 N–H and O–H groups in total. The van der Waals surface area contributed by atoms with E-state index in [1.807, 2.05) is 6.92 Å². The molecule has 1 aliphatic rings. The average molecular weight is 481 g/mol. The summed E-state index contributed by atoms with van der Waals surface area (Å²) in [6, 6.07) is 6.02. The van der Waals surface area contributed by atoms with Crippen LogP contribution in [0.5, 0.6) is 0 Å². The number of nitrogens with zero attached hydrogens (tertiary/aromatic N) is 1. The van der Waals surface area contributed by atoms with E-state index in [2.05, 4.69) is 10.3 Å². The zero-order valence-corrected chi connectivity index (χ0v) is 19.8. The molecule has 1 fully saturated rings. The van der Waals surface area contributed by atoms with Crippen LogP contribution in [0.3, 0.4) is 0 Å². The third kappa shape index (κ3) is 6.39. The SMILES string of the molecule is CCCC(NC(=O)C(CS(=O)(=O)CC)C(O)C1CCOCC1)C(=O)c1nc2ccccc2o1. The van der Waals surface area contributed by atoms with Crippen molar-refractivity contribution in [3.8, 4) is 0 Å². The van der Waals surface area contributed by atoms with Crippen LogP contribution in [0.2, 0.25) is 0 Å². The van der Waals surface area contributed by atoms with Crippen molar-refractivity contribution in [1.29, 1.82) is 0 Å². The lowest BCUT2D eigenvalue weighted by molar-refractivity contribution is -0.130. The molecule has 182 valence electrons. The number of hydrogen-bond donors (Lipinski definition) is 2. The lowest BCUT2D eigenvalue weighted by Gasteiger charge is -2.32. The van der Waals surface area contributed by atoms with Gasteiger partial charge in [-0.2, -0.15) is 0 Å². The molecule has 2 heterocycles. The van der Waals surface area contributed by atoms with Crippen molar-refractivity contribution in [3.63, 3.8) is 0 Å². The number of aliphatic hydroxyl groups excluding tert-OH is 1. The Morgan fingerprint density at radius 2 is 1.91 bits per heavy atom. The van der Waals surface area contributed by atoms with Gasteiger partial charge in [0, 0.05) is 19.0 Å². The number of sulfone groups is 1. The van der Waals surface area contributed by atoms with Gasteiger partial charge in [-0.25, -0.2) is 13.4 Å². The smallest absolute Gasteiger partial charge is 0.266 e. The van der Waals surface area contributed by atoms with Gasteiger partial charge < -0.3 is 19.6 Å². The van der Waals surface area contributed by atoms with Crippen molar-refractivity contribution in [2.45, 2.75) is 51.7 Å². The summed E-state index contributed by atoms with van der Waals surface area (Å²) in [7, 11) is -3.55. The number of nitrogens with one attached hydrogen (secondary N) is 1. The number of Topliss-reactive ketones (excluding diaryl/α,β-unsaturated/α-hetero) is 1. The second-order valence-electron chi connectivity index (χ2n) is 8.45. The zero-order valence-electron chi connectivity index (χ0n) is 19.0. The Labute approximate surface area is 193 Å². The fourth-order valence-corrected chi connectivity index (χ4v) is 5.20. The van der Waals surface area contributed by atoms with Crippen LogP contribution >= 0.6 is 0 Å². The first-order valence-corrected chi connectivity index (χ1v) is 13.2. The van der Waals surface area contributed by atoms with E-state index in [1.54, 1.807) is 24.3 Å². The molecular formula is C23H32N2O7S. The average Bonchev–Trinajstić information content (AvgIpc) is 3.26. The van der Waals surface area contributed by atoms with Gasteiger partial charge >= 0.3 is 0 Å². The predicted octanol–water partition coefficient (Wildman–Crippen LogP) is 2.13. The molecule has 3 unspecified atom stereocenters. The molecular weight excluding hydrogens is 448 g/mol. The van der Waals surface area contributed by atoms with Gasteiger partial charge in [-0.1, -0.05) is 32.4 Å². The topological polar surface area (TPSA) is 136 Å². The van der Waals surface area contributed by atoms with Crippen LogP contribution in [0.25, 0.3) is 11.1 Å². The molecule has 0 aliphatic carbocycles. The highest BCUT2D eigenvalue weighted by atomic mass is 32.2. The van der Waals surface area contributed by atoms with E-state index >= 15 is 0 Å². The summed E-state index contributed by atoms with van der Waals surface area (Å²) < 4.78 is 35.6. The summed E-state index contributed by atoms with van der Waals surface area (Å²) >= 11 is 0. The van der Waals surface area contributed by atoms with E-state index in [0.717, 1.165) is 0 Å². The number of ether oxygens (including phenoxy) is 1. The number of benzene rings is 1. The fraction of sp³-hybridized carbons (Fsp3) is 0.609. The minimum absolute atomic E-state index is 0.113. The monoisotopic (exact) mass is 480 g/mol. The van der Waals surface area contributed by atoms with Crippen LogP contribution in [0.1, 0.15) is 50.2 Å². The first kappa shape index (κ1) is 25.3. The first-order valence-electron chi connectivity index (χ1n) is 11.4. The number of oxazole rings is 1. The van der Waals surface area contributed by atoms with Gasteiger partial charge in [0.1, 0.15) is 5.52 Å². The van der Waals surface area contributed by atoms with Crippen molar-refractivity contribution in [3.05, 3.63) is 30.2 Å². The second-order valence-corrected chi connectivity index (χ2v) is 10.8. The minimum Gasteiger partial charge on any atom is -0.434 e. The van der Waals surface area contributed by atoms with Crippen LogP contribution in [0.15, 0.2) is 28.7 Å². The highest BCUT2D eigenvalue weighted by Crippen LogP contribution is 2.26. The number of carbonyl (C=O) groups excluding carboxylic acids is 2. The molecule has 0 radical (unpaired) electrons. The van der Waals surface area contributed by atoms with Gasteiger partial charge in [-0.3, -0.25) is 9.59 Å². The number of hydrogen-bond acceptors (Lipinski definition) is 8. The second kappa shape index (κ2) is 11.2. The van der Waals surface area contributed by atoms with Gasteiger partial charge in [0.05, 0.1) is 23.8 Å². The summed E-state index contributed by atoms with van der Waals surface area (Å²) in [5.74, 6) is -3.32. The van der Waals surface area contributed by atoms with Crippen molar-refractivity contribution < 1.29 is 32.3 Å². The molecule has 0 spiro atoms. The Morgan fingerprint density at radius 1 is 1.21 bits per heavy atom. The van der Waals surface area contributed by atoms with Gasteiger partial charge in [-0.15, -0.1) is 0 Å². The zero-order chi connectivity index (χ0) is 24.0. The number of amides is 1.